The van der Waals surface area contributed by atoms with Gasteiger partial charge in [0.05, 0.1) is 0 Å². The number of aromatic amines is 1. The maximum atomic E-state index is 4.36. The van der Waals surface area contributed by atoms with Crippen molar-refractivity contribution in [3.05, 3.63) is 46.3 Å². The summed E-state index contributed by atoms with van der Waals surface area (Å²) in [7, 11) is 0. The average molecular weight is 308 g/mol. The normalized spacial score (nSPS) is 11.6. The average Bonchev–Trinajstić information content (AvgIpc) is 2.85. The van der Waals surface area contributed by atoms with Gasteiger partial charge in [-0.25, -0.2) is 4.98 Å². The Morgan fingerprint density at radius 1 is 1.44 bits per heavy atom. The molecular formula is C14H18BrN3. The van der Waals surface area contributed by atoms with Crippen LogP contribution in [0, 0.1) is 6.92 Å². The van der Waals surface area contributed by atoms with Crippen LogP contribution in [0.1, 0.15) is 25.0 Å². The smallest absolute Gasteiger partial charge is 0.126 e. The first kappa shape index (κ1) is 13.1. The number of pyridine rings is 1. The summed E-state index contributed by atoms with van der Waals surface area (Å²) >= 11 is 3.46. The molecule has 0 unspecified atom stereocenters. The van der Waals surface area contributed by atoms with E-state index < -0.39 is 0 Å². The second-order valence-corrected chi connectivity index (χ2v) is 6.01. The van der Waals surface area contributed by atoms with E-state index in [1.54, 1.807) is 0 Å². The van der Waals surface area contributed by atoms with Crippen molar-refractivity contribution >= 4 is 21.7 Å². The minimum Gasteiger partial charge on any atom is -0.369 e. The van der Waals surface area contributed by atoms with E-state index in [0.29, 0.717) is 0 Å². The van der Waals surface area contributed by atoms with E-state index >= 15 is 0 Å². The second-order valence-electron chi connectivity index (χ2n) is 5.16. The molecule has 0 spiro atoms. The van der Waals surface area contributed by atoms with Gasteiger partial charge < -0.3 is 10.3 Å². The van der Waals surface area contributed by atoms with Crippen molar-refractivity contribution in [1.82, 2.24) is 9.97 Å². The molecule has 0 saturated carbocycles. The number of rotatable bonds is 4. The van der Waals surface area contributed by atoms with E-state index in [1.165, 1.54) is 11.1 Å². The number of nitrogens with one attached hydrogen (secondary N) is 2. The van der Waals surface area contributed by atoms with Gasteiger partial charge in [0.15, 0.2) is 0 Å². The predicted octanol–water partition coefficient (Wildman–Crippen LogP) is 3.87. The molecule has 2 aromatic rings. The number of aromatic nitrogens is 2. The van der Waals surface area contributed by atoms with Crippen molar-refractivity contribution in [2.75, 3.05) is 11.9 Å². The van der Waals surface area contributed by atoms with Gasteiger partial charge >= 0.3 is 0 Å². The van der Waals surface area contributed by atoms with Gasteiger partial charge in [-0.1, -0.05) is 13.8 Å². The highest BCUT2D eigenvalue weighted by atomic mass is 79.9. The summed E-state index contributed by atoms with van der Waals surface area (Å²) in [5.74, 6) is 0.916. The molecule has 96 valence electrons. The van der Waals surface area contributed by atoms with Crippen molar-refractivity contribution in [2.45, 2.75) is 26.2 Å². The zero-order chi connectivity index (χ0) is 13.2. The third-order valence-electron chi connectivity index (χ3n) is 3.14. The molecule has 4 heteroatoms. The standard InChI is InChI=1S/C14H18BrN3/c1-10-6-13(17-8-12(10)15)18-9-14(2,3)11-4-5-16-7-11/h4-8,16H,9H2,1-3H3,(H,17,18). The van der Waals surface area contributed by atoms with Crippen LogP contribution in [0.15, 0.2) is 35.2 Å². The van der Waals surface area contributed by atoms with Crippen molar-refractivity contribution < 1.29 is 0 Å². The summed E-state index contributed by atoms with van der Waals surface area (Å²) in [6, 6.07) is 4.17. The minimum atomic E-state index is 0.0721. The van der Waals surface area contributed by atoms with Crippen molar-refractivity contribution in [3.8, 4) is 0 Å². The first-order valence-electron chi connectivity index (χ1n) is 5.98. The van der Waals surface area contributed by atoms with Crippen molar-refractivity contribution in [2.24, 2.45) is 0 Å². The molecule has 0 aromatic carbocycles. The molecule has 0 atom stereocenters. The molecule has 0 aliphatic heterocycles. The molecule has 0 saturated heterocycles. The predicted molar refractivity (Wildman–Crippen MR) is 79.0 cm³/mol. The first-order chi connectivity index (χ1) is 8.49. The topological polar surface area (TPSA) is 40.7 Å². The molecule has 2 heterocycles. The van der Waals surface area contributed by atoms with Gasteiger partial charge in [-0.05, 0) is 46.1 Å². The Morgan fingerprint density at radius 2 is 2.22 bits per heavy atom. The van der Waals surface area contributed by atoms with Crippen LogP contribution in [0.25, 0.3) is 0 Å². The summed E-state index contributed by atoms with van der Waals surface area (Å²) in [5.41, 5.74) is 2.55. The summed E-state index contributed by atoms with van der Waals surface area (Å²) in [6.45, 7) is 7.34. The lowest BCUT2D eigenvalue weighted by Crippen LogP contribution is -2.27. The zero-order valence-electron chi connectivity index (χ0n) is 10.9. The molecule has 18 heavy (non-hydrogen) atoms. The number of aryl methyl sites for hydroxylation is 1. The van der Waals surface area contributed by atoms with Gasteiger partial charge in [-0.15, -0.1) is 0 Å². The lowest BCUT2D eigenvalue weighted by Gasteiger charge is -2.24. The molecule has 2 aromatic heterocycles. The molecule has 0 amide bonds. The minimum absolute atomic E-state index is 0.0721. The van der Waals surface area contributed by atoms with Crippen molar-refractivity contribution in [1.29, 1.82) is 0 Å². The number of nitrogens with zero attached hydrogens (tertiary/aromatic N) is 1. The molecule has 2 rings (SSSR count). The molecule has 0 fully saturated rings. The summed E-state index contributed by atoms with van der Waals surface area (Å²) in [5, 5.41) is 3.40. The SMILES string of the molecule is Cc1cc(NCC(C)(C)c2cc[nH]c2)ncc1Br. The lowest BCUT2D eigenvalue weighted by atomic mass is 9.86. The molecule has 0 aliphatic rings. The molecule has 2 N–H and O–H groups in total. The highest BCUT2D eigenvalue weighted by molar-refractivity contribution is 9.10. The molecule has 0 aliphatic carbocycles. The molecule has 0 radical (unpaired) electrons. The van der Waals surface area contributed by atoms with Crippen LogP contribution in [0.2, 0.25) is 0 Å². The van der Waals surface area contributed by atoms with Crippen LogP contribution in [-0.4, -0.2) is 16.5 Å². The van der Waals surface area contributed by atoms with Gasteiger partial charge in [0, 0.05) is 35.0 Å². The number of anilines is 1. The second kappa shape index (κ2) is 5.14. The fourth-order valence-electron chi connectivity index (χ4n) is 1.79. The van der Waals surface area contributed by atoms with Crippen LogP contribution in [0.4, 0.5) is 5.82 Å². The van der Waals surface area contributed by atoms with E-state index in [4.69, 9.17) is 0 Å². The van der Waals surface area contributed by atoms with E-state index in [0.717, 1.165) is 16.8 Å². The summed E-state index contributed by atoms with van der Waals surface area (Å²) in [6.07, 6.45) is 5.84. The summed E-state index contributed by atoms with van der Waals surface area (Å²) < 4.78 is 1.04. The maximum absolute atomic E-state index is 4.36. The monoisotopic (exact) mass is 307 g/mol. The van der Waals surface area contributed by atoms with Crippen LogP contribution in [0.3, 0.4) is 0 Å². The number of H-pyrrole nitrogens is 1. The molecular weight excluding hydrogens is 290 g/mol. The molecule has 3 nitrogen and oxygen atoms in total. The Hall–Kier alpha value is -1.29. The van der Waals surface area contributed by atoms with E-state index in [1.807, 2.05) is 18.6 Å². The van der Waals surface area contributed by atoms with Gasteiger partial charge in [0.25, 0.3) is 0 Å². The number of hydrogen-bond acceptors (Lipinski definition) is 2. The Labute approximate surface area is 116 Å². The van der Waals surface area contributed by atoms with Crippen LogP contribution in [-0.2, 0) is 5.41 Å². The highest BCUT2D eigenvalue weighted by Gasteiger charge is 2.20. The van der Waals surface area contributed by atoms with Gasteiger partial charge in [0.1, 0.15) is 5.82 Å². The van der Waals surface area contributed by atoms with E-state index in [2.05, 4.69) is 64.1 Å². The third kappa shape index (κ3) is 2.93. The van der Waals surface area contributed by atoms with Crippen LogP contribution in [0.5, 0.6) is 0 Å². The summed E-state index contributed by atoms with van der Waals surface area (Å²) in [4.78, 5) is 7.46. The maximum Gasteiger partial charge on any atom is 0.126 e. The molecule has 0 bridgehead atoms. The van der Waals surface area contributed by atoms with Crippen LogP contribution < -0.4 is 5.32 Å². The van der Waals surface area contributed by atoms with Crippen LogP contribution >= 0.6 is 15.9 Å². The largest absolute Gasteiger partial charge is 0.369 e. The number of hydrogen-bond donors (Lipinski definition) is 2. The number of halogens is 1. The fraction of sp³-hybridized carbons (Fsp3) is 0.357. The fourth-order valence-corrected chi connectivity index (χ4v) is 2.01. The Kier molecular flexibility index (Phi) is 3.76. The Bertz CT molecular complexity index is 518. The van der Waals surface area contributed by atoms with Gasteiger partial charge in [-0.2, -0.15) is 0 Å². The zero-order valence-corrected chi connectivity index (χ0v) is 12.5. The first-order valence-corrected chi connectivity index (χ1v) is 6.77. The Morgan fingerprint density at radius 3 is 2.83 bits per heavy atom. The quantitative estimate of drug-likeness (QED) is 0.900. The highest BCUT2D eigenvalue weighted by Crippen LogP contribution is 2.24. The van der Waals surface area contributed by atoms with Gasteiger partial charge in [0.2, 0.25) is 0 Å². The van der Waals surface area contributed by atoms with E-state index in [-0.39, 0.29) is 5.41 Å². The van der Waals surface area contributed by atoms with E-state index in [9.17, 15) is 0 Å². The van der Waals surface area contributed by atoms with Crippen molar-refractivity contribution in [3.63, 3.8) is 0 Å². The lowest BCUT2D eigenvalue weighted by molar-refractivity contribution is 0.557. The van der Waals surface area contributed by atoms with Gasteiger partial charge in [-0.3, -0.25) is 0 Å². The Balaban J connectivity index is 2.05. The third-order valence-corrected chi connectivity index (χ3v) is 3.97.